The van der Waals surface area contributed by atoms with E-state index in [-0.39, 0.29) is 18.4 Å². The van der Waals surface area contributed by atoms with Crippen LogP contribution in [0.15, 0.2) is 24.3 Å². The van der Waals surface area contributed by atoms with Crippen molar-refractivity contribution in [1.82, 2.24) is 4.90 Å². The molecule has 0 fully saturated rings. The lowest BCUT2D eigenvalue weighted by atomic mass is 10.0. The molecule has 0 unspecified atom stereocenters. The zero-order valence-electron chi connectivity index (χ0n) is 13.5. The molecule has 0 aliphatic carbocycles. The topological polar surface area (TPSA) is 49.4 Å². The summed E-state index contributed by atoms with van der Waals surface area (Å²) in [6.07, 6.45) is 1.91. The largest absolute Gasteiger partial charge is 0.334 e. The van der Waals surface area contributed by atoms with Gasteiger partial charge in [-0.25, -0.2) is 0 Å². The molecular weight excluding hydrogens is 264 g/mol. The van der Waals surface area contributed by atoms with Crippen LogP contribution in [-0.2, 0) is 9.59 Å². The minimum absolute atomic E-state index is 0.0595. The summed E-state index contributed by atoms with van der Waals surface area (Å²) in [4.78, 5) is 25.3. The number of amides is 2. The molecular formula is C17H26N2O2. The van der Waals surface area contributed by atoms with Gasteiger partial charge in [0.2, 0.25) is 11.8 Å². The van der Waals surface area contributed by atoms with Crippen LogP contribution in [0.1, 0.15) is 52.0 Å². The van der Waals surface area contributed by atoms with E-state index in [1.807, 2.05) is 24.3 Å². The Morgan fingerprint density at radius 1 is 1.24 bits per heavy atom. The van der Waals surface area contributed by atoms with Crippen molar-refractivity contribution < 1.29 is 9.59 Å². The van der Waals surface area contributed by atoms with Crippen LogP contribution >= 0.6 is 0 Å². The average molecular weight is 290 g/mol. The number of rotatable bonds is 7. The van der Waals surface area contributed by atoms with Gasteiger partial charge in [0.1, 0.15) is 0 Å². The summed E-state index contributed by atoms with van der Waals surface area (Å²) in [5, 5.41) is 2.92. The molecule has 1 aromatic carbocycles. The normalized spacial score (nSPS) is 10.5. The van der Waals surface area contributed by atoms with Gasteiger partial charge in [-0.15, -0.1) is 0 Å². The third-order valence-electron chi connectivity index (χ3n) is 3.42. The summed E-state index contributed by atoms with van der Waals surface area (Å²) < 4.78 is 0. The Labute approximate surface area is 127 Å². The lowest BCUT2D eigenvalue weighted by Crippen LogP contribution is -2.37. The van der Waals surface area contributed by atoms with Crippen LogP contribution in [-0.4, -0.2) is 29.8 Å². The number of benzene rings is 1. The second-order valence-electron chi connectivity index (χ2n) is 5.58. The summed E-state index contributed by atoms with van der Waals surface area (Å²) in [6.45, 7) is 8.50. The van der Waals surface area contributed by atoms with Crippen molar-refractivity contribution in [1.29, 1.82) is 0 Å². The SMILES string of the molecule is CCCCN(CC(=O)Nc1ccccc1C(C)C)C(C)=O. The molecule has 0 bridgehead atoms. The number of para-hydroxylation sites is 1. The number of hydrogen-bond donors (Lipinski definition) is 1. The first-order chi connectivity index (χ1) is 9.95. The lowest BCUT2D eigenvalue weighted by molar-refractivity contribution is -0.132. The molecule has 0 aliphatic heterocycles. The fourth-order valence-corrected chi connectivity index (χ4v) is 2.17. The first-order valence-corrected chi connectivity index (χ1v) is 7.60. The molecule has 0 spiro atoms. The van der Waals surface area contributed by atoms with Crippen molar-refractivity contribution in [3.8, 4) is 0 Å². The molecule has 0 saturated heterocycles. The van der Waals surface area contributed by atoms with E-state index in [4.69, 9.17) is 0 Å². The first-order valence-electron chi connectivity index (χ1n) is 7.60. The number of nitrogens with zero attached hydrogens (tertiary/aromatic N) is 1. The highest BCUT2D eigenvalue weighted by Crippen LogP contribution is 2.23. The molecule has 116 valence electrons. The van der Waals surface area contributed by atoms with Gasteiger partial charge in [-0.3, -0.25) is 9.59 Å². The second kappa shape index (κ2) is 8.45. The number of unbranched alkanes of at least 4 members (excludes halogenated alkanes) is 1. The van der Waals surface area contributed by atoms with Crippen LogP contribution in [0.5, 0.6) is 0 Å². The molecule has 0 heterocycles. The van der Waals surface area contributed by atoms with Gasteiger partial charge in [-0.05, 0) is 24.0 Å². The van der Waals surface area contributed by atoms with Gasteiger partial charge >= 0.3 is 0 Å². The maximum absolute atomic E-state index is 12.2. The monoisotopic (exact) mass is 290 g/mol. The van der Waals surface area contributed by atoms with Crippen molar-refractivity contribution in [2.75, 3.05) is 18.4 Å². The molecule has 2 amide bonds. The maximum Gasteiger partial charge on any atom is 0.244 e. The molecule has 1 rings (SSSR count). The highest BCUT2D eigenvalue weighted by molar-refractivity contribution is 5.95. The summed E-state index contributed by atoms with van der Waals surface area (Å²) in [6, 6.07) is 7.78. The average Bonchev–Trinajstić information content (AvgIpc) is 2.43. The Kier molecular flexibility index (Phi) is 6.92. The second-order valence-corrected chi connectivity index (χ2v) is 5.58. The van der Waals surface area contributed by atoms with Gasteiger partial charge in [0, 0.05) is 19.2 Å². The van der Waals surface area contributed by atoms with E-state index < -0.39 is 0 Å². The number of nitrogens with one attached hydrogen (secondary N) is 1. The smallest absolute Gasteiger partial charge is 0.244 e. The van der Waals surface area contributed by atoms with Crippen LogP contribution in [0.25, 0.3) is 0 Å². The predicted molar refractivity (Wildman–Crippen MR) is 86.3 cm³/mol. The summed E-state index contributed by atoms with van der Waals surface area (Å²) in [5.74, 6) is 0.135. The van der Waals surface area contributed by atoms with Crippen LogP contribution in [0.4, 0.5) is 5.69 Å². The molecule has 0 atom stereocenters. The molecule has 21 heavy (non-hydrogen) atoms. The Balaban J connectivity index is 2.70. The third kappa shape index (κ3) is 5.58. The molecule has 0 aliphatic rings. The van der Waals surface area contributed by atoms with Crippen LogP contribution < -0.4 is 5.32 Å². The summed E-state index contributed by atoms with van der Waals surface area (Å²) in [5.41, 5.74) is 1.94. The van der Waals surface area contributed by atoms with Gasteiger partial charge in [0.15, 0.2) is 0 Å². The van der Waals surface area contributed by atoms with Crippen LogP contribution in [0, 0.1) is 0 Å². The van der Waals surface area contributed by atoms with E-state index in [2.05, 4.69) is 26.1 Å². The highest BCUT2D eigenvalue weighted by Gasteiger charge is 2.14. The Morgan fingerprint density at radius 3 is 2.48 bits per heavy atom. The number of hydrogen-bond acceptors (Lipinski definition) is 2. The molecule has 1 N–H and O–H groups in total. The zero-order valence-corrected chi connectivity index (χ0v) is 13.5. The highest BCUT2D eigenvalue weighted by atomic mass is 16.2. The van der Waals surface area contributed by atoms with Crippen molar-refractivity contribution in [2.45, 2.75) is 46.5 Å². The Bertz CT molecular complexity index is 483. The molecule has 1 aromatic rings. The predicted octanol–water partition coefficient (Wildman–Crippen LogP) is 3.40. The van der Waals surface area contributed by atoms with E-state index in [0.717, 1.165) is 24.1 Å². The first kappa shape index (κ1) is 17.2. The van der Waals surface area contributed by atoms with E-state index in [1.165, 1.54) is 6.92 Å². The quantitative estimate of drug-likeness (QED) is 0.836. The number of anilines is 1. The van der Waals surface area contributed by atoms with Crippen molar-refractivity contribution in [2.24, 2.45) is 0 Å². The van der Waals surface area contributed by atoms with Crippen LogP contribution in [0.3, 0.4) is 0 Å². The van der Waals surface area contributed by atoms with Gasteiger partial charge in [0.05, 0.1) is 6.54 Å². The molecule has 0 aromatic heterocycles. The van der Waals surface area contributed by atoms with E-state index >= 15 is 0 Å². The van der Waals surface area contributed by atoms with Gasteiger partial charge in [0.25, 0.3) is 0 Å². The van der Waals surface area contributed by atoms with Crippen LogP contribution in [0.2, 0.25) is 0 Å². The fraction of sp³-hybridized carbons (Fsp3) is 0.529. The van der Waals surface area contributed by atoms with Gasteiger partial charge in [-0.1, -0.05) is 45.4 Å². The van der Waals surface area contributed by atoms with Crippen molar-refractivity contribution in [3.05, 3.63) is 29.8 Å². The van der Waals surface area contributed by atoms with E-state index in [0.29, 0.717) is 12.5 Å². The van der Waals surface area contributed by atoms with E-state index in [1.54, 1.807) is 4.90 Å². The minimum Gasteiger partial charge on any atom is -0.334 e. The fourth-order valence-electron chi connectivity index (χ4n) is 2.17. The summed E-state index contributed by atoms with van der Waals surface area (Å²) in [7, 11) is 0. The standard InChI is InChI=1S/C17H26N2O2/c1-5-6-11-19(14(4)20)12-17(21)18-16-10-8-7-9-15(16)13(2)3/h7-10,13H,5-6,11-12H2,1-4H3,(H,18,21). The molecule has 4 nitrogen and oxygen atoms in total. The molecule has 0 radical (unpaired) electrons. The maximum atomic E-state index is 12.2. The lowest BCUT2D eigenvalue weighted by Gasteiger charge is -2.21. The zero-order chi connectivity index (χ0) is 15.8. The Hall–Kier alpha value is -1.84. The molecule has 0 saturated carbocycles. The summed E-state index contributed by atoms with van der Waals surface area (Å²) >= 11 is 0. The molecule has 4 heteroatoms. The minimum atomic E-state index is -0.144. The van der Waals surface area contributed by atoms with Crippen molar-refractivity contribution >= 4 is 17.5 Å². The Morgan fingerprint density at radius 2 is 1.90 bits per heavy atom. The van der Waals surface area contributed by atoms with Gasteiger partial charge in [-0.2, -0.15) is 0 Å². The number of carbonyl (C=O) groups excluding carboxylic acids is 2. The third-order valence-corrected chi connectivity index (χ3v) is 3.42. The van der Waals surface area contributed by atoms with E-state index in [9.17, 15) is 9.59 Å². The number of carbonyl (C=O) groups is 2. The van der Waals surface area contributed by atoms with Crippen molar-refractivity contribution in [3.63, 3.8) is 0 Å². The van der Waals surface area contributed by atoms with Gasteiger partial charge < -0.3 is 10.2 Å².